The molecule has 0 aromatic carbocycles. The summed E-state index contributed by atoms with van der Waals surface area (Å²) < 4.78 is 5.41. The molecule has 0 amide bonds. The average Bonchev–Trinajstić information content (AvgIpc) is 2.74. The quantitative estimate of drug-likeness (QED) is 0.634. The normalized spacial score (nSPS) is 17.9. The maximum Gasteiger partial charge on any atom is 0.330 e. The Morgan fingerprint density at radius 3 is 2.88 bits per heavy atom. The highest BCUT2D eigenvalue weighted by atomic mass is 16.6. The van der Waals surface area contributed by atoms with Crippen LogP contribution in [0.15, 0.2) is 18.3 Å². The molecule has 0 bridgehead atoms. The van der Waals surface area contributed by atoms with Gasteiger partial charge in [-0.2, -0.15) is 0 Å². The Hall–Kier alpha value is -1.69. The van der Waals surface area contributed by atoms with Gasteiger partial charge in [-0.15, -0.1) is 0 Å². The van der Waals surface area contributed by atoms with Crippen molar-refractivity contribution in [2.45, 2.75) is 31.2 Å². The maximum absolute atomic E-state index is 10.8. The van der Waals surface area contributed by atoms with Crippen LogP contribution in [0.4, 0.5) is 5.69 Å². The molecule has 6 heteroatoms. The highest BCUT2D eigenvalue weighted by molar-refractivity contribution is 5.39. The van der Waals surface area contributed by atoms with E-state index in [1.807, 2.05) is 0 Å². The summed E-state index contributed by atoms with van der Waals surface area (Å²) >= 11 is 0. The predicted molar refractivity (Wildman–Crippen MR) is 61.8 cm³/mol. The Bertz CT molecular complexity index is 416. The van der Waals surface area contributed by atoms with Gasteiger partial charge in [-0.05, 0) is 18.9 Å². The number of nitro groups is 1. The minimum Gasteiger partial charge on any atom is -0.471 e. The second kappa shape index (κ2) is 4.67. The molecular formula is C11H15N3O3. The fourth-order valence-corrected chi connectivity index (χ4v) is 2.07. The smallest absolute Gasteiger partial charge is 0.330 e. The number of hydrogen-bond donors (Lipinski definition) is 1. The lowest BCUT2D eigenvalue weighted by Crippen LogP contribution is -2.42. The molecule has 6 nitrogen and oxygen atoms in total. The summed E-state index contributed by atoms with van der Waals surface area (Å²) in [7, 11) is 0. The molecule has 0 atom stereocenters. The summed E-state index contributed by atoms with van der Waals surface area (Å²) in [4.78, 5) is 14.1. The van der Waals surface area contributed by atoms with Crippen molar-refractivity contribution < 1.29 is 9.66 Å². The van der Waals surface area contributed by atoms with Gasteiger partial charge in [-0.3, -0.25) is 10.1 Å². The standard InChI is InChI=1S/C11H15N3O3/c12-11(5-1-2-6-11)8-17-10-9(14(15)16)4-3-7-13-10/h3-4,7H,1-2,5-6,8,12H2. The first-order valence-electron chi connectivity index (χ1n) is 5.62. The Morgan fingerprint density at radius 2 is 2.24 bits per heavy atom. The van der Waals surface area contributed by atoms with E-state index < -0.39 is 4.92 Å². The van der Waals surface area contributed by atoms with Gasteiger partial charge >= 0.3 is 5.69 Å². The molecule has 1 aliphatic rings. The molecule has 1 heterocycles. The molecular weight excluding hydrogens is 222 g/mol. The molecule has 17 heavy (non-hydrogen) atoms. The topological polar surface area (TPSA) is 91.3 Å². The molecule has 2 rings (SSSR count). The molecule has 0 unspecified atom stereocenters. The second-order valence-corrected chi connectivity index (χ2v) is 4.44. The summed E-state index contributed by atoms with van der Waals surface area (Å²) in [6.07, 6.45) is 5.44. The van der Waals surface area contributed by atoms with Crippen LogP contribution in [0.2, 0.25) is 0 Å². The van der Waals surface area contributed by atoms with Gasteiger partial charge in [-0.1, -0.05) is 12.8 Å². The average molecular weight is 237 g/mol. The molecule has 92 valence electrons. The summed E-state index contributed by atoms with van der Waals surface area (Å²) in [5, 5.41) is 10.8. The van der Waals surface area contributed by atoms with Gasteiger partial charge in [0.15, 0.2) is 0 Å². The number of pyridine rings is 1. The van der Waals surface area contributed by atoms with E-state index in [2.05, 4.69) is 4.98 Å². The number of nitrogens with two attached hydrogens (primary N) is 1. The molecule has 0 saturated heterocycles. The molecule has 0 radical (unpaired) electrons. The van der Waals surface area contributed by atoms with Crippen molar-refractivity contribution in [1.82, 2.24) is 4.98 Å². The SMILES string of the molecule is NC1(COc2ncccc2[N+](=O)[O-])CCCC1. The molecule has 1 saturated carbocycles. The van der Waals surface area contributed by atoms with Gasteiger partial charge in [0.1, 0.15) is 6.61 Å². The Balaban J connectivity index is 2.06. The Labute approximate surface area is 98.9 Å². The first kappa shape index (κ1) is 11.8. The second-order valence-electron chi connectivity index (χ2n) is 4.44. The highest BCUT2D eigenvalue weighted by Gasteiger charge is 2.31. The lowest BCUT2D eigenvalue weighted by Gasteiger charge is -2.22. The number of aromatic nitrogens is 1. The third kappa shape index (κ3) is 2.71. The first-order valence-corrected chi connectivity index (χ1v) is 5.62. The van der Waals surface area contributed by atoms with E-state index in [4.69, 9.17) is 10.5 Å². The number of rotatable bonds is 4. The van der Waals surface area contributed by atoms with Crippen molar-refractivity contribution in [3.63, 3.8) is 0 Å². The van der Waals surface area contributed by atoms with Gasteiger partial charge in [-0.25, -0.2) is 4.98 Å². The van der Waals surface area contributed by atoms with Crippen LogP contribution < -0.4 is 10.5 Å². The van der Waals surface area contributed by atoms with Crippen molar-refractivity contribution >= 4 is 5.69 Å². The zero-order chi connectivity index (χ0) is 12.3. The van der Waals surface area contributed by atoms with Crippen LogP contribution in [0.3, 0.4) is 0 Å². The van der Waals surface area contributed by atoms with Gasteiger partial charge in [0, 0.05) is 12.3 Å². The van der Waals surface area contributed by atoms with Crippen molar-refractivity contribution in [3.05, 3.63) is 28.4 Å². The zero-order valence-electron chi connectivity index (χ0n) is 9.46. The molecule has 1 aliphatic carbocycles. The number of hydrogen-bond acceptors (Lipinski definition) is 5. The van der Waals surface area contributed by atoms with Crippen molar-refractivity contribution in [2.75, 3.05) is 6.61 Å². The highest BCUT2D eigenvalue weighted by Crippen LogP contribution is 2.29. The first-order chi connectivity index (χ1) is 8.11. The minimum absolute atomic E-state index is 0.0502. The van der Waals surface area contributed by atoms with Crippen LogP contribution in [0.1, 0.15) is 25.7 Å². The fourth-order valence-electron chi connectivity index (χ4n) is 2.07. The van der Waals surface area contributed by atoms with Gasteiger partial charge < -0.3 is 10.5 Å². The zero-order valence-corrected chi connectivity index (χ0v) is 9.46. The molecule has 1 fully saturated rings. The summed E-state index contributed by atoms with van der Waals surface area (Å²) in [6.45, 7) is 0.283. The van der Waals surface area contributed by atoms with E-state index in [0.29, 0.717) is 0 Å². The molecule has 0 spiro atoms. The van der Waals surface area contributed by atoms with Crippen LogP contribution in [-0.4, -0.2) is 22.1 Å². The van der Waals surface area contributed by atoms with Crippen LogP contribution in [0, 0.1) is 10.1 Å². The molecule has 0 aliphatic heterocycles. The van der Waals surface area contributed by atoms with E-state index >= 15 is 0 Å². The van der Waals surface area contributed by atoms with E-state index in [0.717, 1.165) is 25.7 Å². The predicted octanol–water partition coefficient (Wildman–Crippen LogP) is 1.64. The summed E-state index contributed by atoms with van der Waals surface area (Å²) in [6, 6.07) is 2.89. The van der Waals surface area contributed by atoms with E-state index in [-0.39, 0.29) is 23.7 Å². The monoisotopic (exact) mass is 237 g/mol. The molecule has 2 N–H and O–H groups in total. The number of nitrogens with zero attached hydrogens (tertiary/aromatic N) is 2. The van der Waals surface area contributed by atoms with Gasteiger partial charge in [0.2, 0.25) is 0 Å². The largest absolute Gasteiger partial charge is 0.471 e. The fraction of sp³-hybridized carbons (Fsp3) is 0.545. The number of ether oxygens (including phenoxy) is 1. The molecule has 1 aromatic heterocycles. The van der Waals surface area contributed by atoms with Gasteiger partial charge in [0.25, 0.3) is 5.88 Å². The summed E-state index contributed by atoms with van der Waals surface area (Å²) in [5.41, 5.74) is 5.64. The lowest BCUT2D eigenvalue weighted by atomic mass is 10.0. The minimum atomic E-state index is -0.500. The lowest BCUT2D eigenvalue weighted by molar-refractivity contribution is -0.386. The van der Waals surface area contributed by atoms with Crippen LogP contribution in [0.5, 0.6) is 5.88 Å². The third-order valence-corrected chi connectivity index (χ3v) is 3.04. The third-order valence-electron chi connectivity index (χ3n) is 3.04. The van der Waals surface area contributed by atoms with E-state index in [1.54, 1.807) is 0 Å². The van der Waals surface area contributed by atoms with Crippen molar-refractivity contribution in [2.24, 2.45) is 5.73 Å². The Morgan fingerprint density at radius 1 is 1.53 bits per heavy atom. The Kier molecular flexibility index (Phi) is 3.23. The molecule has 1 aromatic rings. The maximum atomic E-state index is 10.8. The van der Waals surface area contributed by atoms with Crippen molar-refractivity contribution in [1.29, 1.82) is 0 Å². The summed E-state index contributed by atoms with van der Waals surface area (Å²) in [5.74, 6) is 0.0502. The van der Waals surface area contributed by atoms with Crippen LogP contribution >= 0.6 is 0 Å². The van der Waals surface area contributed by atoms with E-state index in [9.17, 15) is 10.1 Å². The van der Waals surface area contributed by atoms with Gasteiger partial charge in [0.05, 0.1) is 10.5 Å². The van der Waals surface area contributed by atoms with Crippen molar-refractivity contribution in [3.8, 4) is 5.88 Å². The van der Waals surface area contributed by atoms with Crippen LogP contribution in [-0.2, 0) is 0 Å². The van der Waals surface area contributed by atoms with Crippen LogP contribution in [0.25, 0.3) is 0 Å². The van der Waals surface area contributed by atoms with E-state index in [1.165, 1.54) is 18.3 Å².